The molecule has 1 aliphatic heterocycles. The van der Waals surface area contributed by atoms with E-state index < -0.39 is 22.3 Å². The van der Waals surface area contributed by atoms with E-state index in [0.717, 1.165) is 12.8 Å². The van der Waals surface area contributed by atoms with Crippen molar-refractivity contribution in [3.05, 3.63) is 0 Å². The lowest BCUT2D eigenvalue weighted by Gasteiger charge is -2.30. The highest BCUT2D eigenvalue weighted by atomic mass is 32.2. The van der Waals surface area contributed by atoms with Crippen molar-refractivity contribution in [1.82, 2.24) is 9.03 Å². The molecule has 1 rings (SSSR count). The fourth-order valence-corrected chi connectivity index (χ4v) is 3.28. The van der Waals surface area contributed by atoms with Crippen LogP contribution >= 0.6 is 0 Å². The number of carboxylic acids is 1. The highest BCUT2D eigenvalue weighted by Crippen LogP contribution is 2.17. The Labute approximate surface area is 107 Å². The minimum atomic E-state index is -3.56. The lowest BCUT2D eigenvalue weighted by molar-refractivity contribution is -0.146. The first-order valence-electron chi connectivity index (χ1n) is 5.98. The quantitative estimate of drug-likeness (QED) is 0.601. The molecule has 0 aliphatic carbocycles. The fourth-order valence-electron chi connectivity index (χ4n) is 1.90. The van der Waals surface area contributed by atoms with Crippen LogP contribution in [0.25, 0.3) is 0 Å². The number of aliphatic hydroxyl groups excluding tert-OH is 1. The van der Waals surface area contributed by atoms with Crippen LogP contribution in [0.15, 0.2) is 0 Å². The molecule has 0 aromatic rings. The van der Waals surface area contributed by atoms with Gasteiger partial charge in [0.05, 0.1) is 0 Å². The van der Waals surface area contributed by atoms with Crippen molar-refractivity contribution >= 4 is 16.2 Å². The van der Waals surface area contributed by atoms with Crippen LogP contribution in [0.1, 0.15) is 26.2 Å². The second kappa shape index (κ2) is 6.46. The Bertz CT molecular complexity index is 384. The largest absolute Gasteiger partial charge is 0.479 e. The molecule has 1 unspecified atom stereocenters. The van der Waals surface area contributed by atoms with Gasteiger partial charge in [-0.1, -0.05) is 6.92 Å². The van der Waals surface area contributed by atoms with Gasteiger partial charge in [0, 0.05) is 19.6 Å². The zero-order valence-corrected chi connectivity index (χ0v) is 11.2. The SMILES string of the molecule is CC1CCCN(S(=O)(=O)NCC[C@H](O)C(=O)O)C1. The van der Waals surface area contributed by atoms with Gasteiger partial charge in [-0.25, -0.2) is 9.52 Å². The van der Waals surface area contributed by atoms with E-state index in [9.17, 15) is 13.2 Å². The maximum absolute atomic E-state index is 11.9. The normalized spacial score (nSPS) is 23.8. The van der Waals surface area contributed by atoms with E-state index >= 15 is 0 Å². The van der Waals surface area contributed by atoms with Gasteiger partial charge in [0.2, 0.25) is 0 Å². The van der Waals surface area contributed by atoms with Gasteiger partial charge in [0.1, 0.15) is 0 Å². The first-order chi connectivity index (χ1) is 8.33. The molecule has 3 N–H and O–H groups in total. The number of rotatable bonds is 6. The summed E-state index contributed by atoms with van der Waals surface area (Å²) >= 11 is 0. The highest BCUT2D eigenvalue weighted by Gasteiger charge is 2.26. The topological polar surface area (TPSA) is 107 Å². The molecule has 1 aliphatic rings. The van der Waals surface area contributed by atoms with E-state index in [0.29, 0.717) is 19.0 Å². The van der Waals surface area contributed by atoms with E-state index in [2.05, 4.69) is 4.72 Å². The molecule has 7 nitrogen and oxygen atoms in total. The van der Waals surface area contributed by atoms with E-state index in [1.54, 1.807) is 0 Å². The first kappa shape index (κ1) is 15.4. The van der Waals surface area contributed by atoms with E-state index in [-0.39, 0.29) is 13.0 Å². The molecule has 106 valence electrons. The Morgan fingerprint density at radius 2 is 2.22 bits per heavy atom. The van der Waals surface area contributed by atoms with Gasteiger partial charge in [-0.15, -0.1) is 0 Å². The van der Waals surface area contributed by atoms with Gasteiger partial charge in [-0.05, 0) is 25.2 Å². The summed E-state index contributed by atoms with van der Waals surface area (Å²) in [5.41, 5.74) is 0. The molecule has 8 heteroatoms. The molecule has 0 saturated carbocycles. The predicted molar refractivity (Wildman–Crippen MR) is 65.2 cm³/mol. The lowest BCUT2D eigenvalue weighted by atomic mass is 10.0. The average Bonchev–Trinajstić information content (AvgIpc) is 2.28. The van der Waals surface area contributed by atoms with Crippen LogP contribution in [-0.4, -0.2) is 54.6 Å². The van der Waals surface area contributed by atoms with E-state index in [1.165, 1.54) is 4.31 Å². The molecular formula is C10H20N2O5S. The lowest BCUT2D eigenvalue weighted by Crippen LogP contribution is -2.46. The first-order valence-corrected chi connectivity index (χ1v) is 7.42. The average molecular weight is 280 g/mol. The molecule has 0 bridgehead atoms. The van der Waals surface area contributed by atoms with Crippen LogP contribution in [-0.2, 0) is 15.0 Å². The van der Waals surface area contributed by atoms with Gasteiger partial charge < -0.3 is 10.2 Å². The van der Waals surface area contributed by atoms with Crippen molar-refractivity contribution in [2.75, 3.05) is 19.6 Å². The zero-order chi connectivity index (χ0) is 13.8. The van der Waals surface area contributed by atoms with Crippen molar-refractivity contribution in [2.45, 2.75) is 32.3 Å². The van der Waals surface area contributed by atoms with E-state index in [4.69, 9.17) is 10.2 Å². The Kier molecular flexibility index (Phi) is 5.51. The van der Waals surface area contributed by atoms with Crippen LogP contribution in [0.3, 0.4) is 0 Å². The molecule has 1 saturated heterocycles. The molecule has 0 aromatic carbocycles. The second-order valence-corrected chi connectivity index (χ2v) is 6.40. The minimum Gasteiger partial charge on any atom is -0.479 e. The Morgan fingerprint density at radius 3 is 2.78 bits per heavy atom. The number of hydrogen-bond donors (Lipinski definition) is 3. The van der Waals surface area contributed by atoms with Gasteiger partial charge in [0.15, 0.2) is 6.10 Å². The van der Waals surface area contributed by atoms with Crippen LogP contribution in [0.5, 0.6) is 0 Å². The number of carboxylic acid groups (broad SMARTS) is 1. The van der Waals surface area contributed by atoms with Crippen LogP contribution in [0, 0.1) is 5.92 Å². The maximum Gasteiger partial charge on any atom is 0.332 e. The molecule has 2 atom stereocenters. The summed E-state index contributed by atoms with van der Waals surface area (Å²) < 4.78 is 27.4. The maximum atomic E-state index is 11.9. The summed E-state index contributed by atoms with van der Waals surface area (Å²) in [4.78, 5) is 10.4. The van der Waals surface area contributed by atoms with Gasteiger partial charge in [0.25, 0.3) is 10.2 Å². The number of nitrogens with one attached hydrogen (secondary N) is 1. The summed E-state index contributed by atoms with van der Waals surface area (Å²) in [6.45, 7) is 2.88. The second-order valence-electron chi connectivity index (χ2n) is 4.65. The Hall–Kier alpha value is -0.700. The number of hydrogen-bond acceptors (Lipinski definition) is 4. The molecule has 18 heavy (non-hydrogen) atoms. The summed E-state index contributed by atoms with van der Waals surface area (Å²) in [5.74, 6) is -1.01. The number of aliphatic carboxylic acids is 1. The van der Waals surface area contributed by atoms with E-state index in [1.807, 2.05) is 6.92 Å². The van der Waals surface area contributed by atoms with Crippen LogP contribution < -0.4 is 4.72 Å². The number of nitrogens with zero attached hydrogens (tertiary/aromatic N) is 1. The van der Waals surface area contributed by atoms with Crippen LogP contribution in [0.2, 0.25) is 0 Å². The third kappa shape index (κ3) is 4.52. The van der Waals surface area contributed by atoms with Gasteiger partial charge >= 0.3 is 5.97 Å². The van der Waals surface area contributed by atoms with Gasteiger partial charge in [-0.3, -0.25) is 0 Å². The minimum absolute atomic E-state index is 0.0827. The predicted octanol–water partition coefficient (Wildman–Crippen LogP) is -0.612. The highest BCUT2D eigenvalue weighted by molar-refractivity contribution is 7.87. The van der Waals surface area contributed by atoms with Crippen LogP contribution in [0.4, 0.5) is 0 Å². The molecule has 0 spiro atoms. The fraction of sp³-hybridized carbons (Fsp3) is 0.900. The number of carbonyl (C=O) groups is 1. The summed E-state index contributed by atoms with van der Waals surface area (Å²) in [6, 6.07) is 0. The number of aliphatic hydroxyl groups is 1. The smallest absolute Gasteiger partial charge is 0.332 e. The van der Waals surface area contributed by atoms with Crippen molar-refractivity contribution < 1.29 is 23.4 Å². The standard InChI is InChI=1S/C10H20N2O5S/c1-8-3-2-6-12(7-8)18(16,17)11-5-4-9(13)10(14)15/h8-9,11,13H,2-7H2,1H3,(H,14,15)/t8?,9-/m0/s1. The molecule has 0 radical (unpaired) electrons. The number of piperidine rings is 1. The third-order valence-electron chi connectivity index (χ3n) is 2.95. The molecule has 1 heterocycles. The van der Waals surface area contributed by atoms with Crippen molar-refractivity contribution in [2.24, 2.45) is 5.92 Å². The third-order valence-corrected chi connectivity index (χ3v) is 4.53. The zero-order valence-electron chi connectivity index (χ0n) is 10.4. The summed E-state index contributed by atoms with van der Waals surface area (Å²) in [6.07, 6.45) is 0.176. The monoisotopic (exact) mass is 280 g/mol. The summed E-state index contributed by atoms with van der Waals surface area (Å²) in [5, 5.41) is 17.5. The van der Waals surface area contributed by atoms with Crippen molar-refractivity contribution in [3.63, 3.8) is 0 Å². The Morgan fingerprint density at radius 1 is 1.56 bits per heavy atom. The molecular weight excluding hydrogens is 260 g/mol. The Balaban J connectivity index is 2.42. The van der Waals surface area contributed by atoms with Gasteiger partial charge in [-0.2, -0.15) is 12.7 Å². The summed E-state index contributed by atoms with van der Waals surface area (Å²) in [7, 11) is -3.56. The van der Waals surface area contributed by atoms with Crippen molar-refractivity contribution in [3.8, 4) is 0 Å². The molecule has 0 aromatic heterocycles. The molecule has 1 fully saturated rings. The molecule has 0 amide bonds. The van der Waals surface area contributed by atoms with Crippen molar-refractivity contribution in [1.29, 1.82) is 0 Å².